The van der Waals surface area contributed by atoms with Crippen molar-refractivity contribution in [3.63, 3.8) is 0 Å². The van der Waals surface area contributed by atoms with Crippen LogP contribution < -0.4 is 10.1 Å². The van der Waals surface area contributed by atoms with Gasteiger partial charge in [-0.05, 0) is 50.6 Å². The van der Waals surface area contributed by atoms with Crippen molar-refractivity contribution >= 4 is 34.0 Å². The monoisotopic (exact) mass is 400 g/mol. The Morgan fingerprint density at radius 3 is 2.59 bits per heavy atom. The Balaban J connectivity index is 1.75. The number of nitrogens with one attached hydrogen (secondary N) is 1. The number of carbonyl (C=O) groups is 1. The summed E-state index contributed by atoms with van der Waals surface area (Å²) in [7, 11) is 0. The summed E-state index contributed by atoms with van der Waals surface area (Å²) in [6.45, 7) is 5.82. The summed E-state index contributed by atoms with van der Waals surface area (Å²) in [6, 6.07) is 15.0. The number of halogens is 1. The summed E-state index contributed by atoms with van der Waals surface area (Å²) >= 11 is 7.43. The number of para-hydroxylation sites is 1. The molecule has 3 aromatic rings. The van der Waals surface area contributed by atoms with Crippen LogP contribution in [0.15, 0.2) is 48.5 Å². The summed E-state index contributed by atoms with van der Waals surface area (Å²) in [5, 5.41) is 4.20. The topological polar surface area (TPSA) is 51.2 Å². The largest absolute Gasteiger partial charge is 0.490 e. The van der Waals surface area contributed by atoms with Gasteiger partial charge >= 0.3 is 0 Å². The Morgan fingerprint density at radius 2 is 1.89 bits per heavy atom. The van der Waals surface area contributed by atoms with Crippen molar-refractivity contribution in [1.82, 2.24) is 4.98 Å². The third-order valence-electron chi connectivity index (χ3n) is 3.89. The van der Waals surface area contributed by atoms with Gasteiger partial charge in [0.25, 0.3) is 5.91 Å². The Kier molecular flexibility index (Phi) is 6.14. The highest BCUT2D eigenvalue weighted by atomic mass is 35.5. The fourth-order valence-electron chi connectivity index (χ4n) is 2.61. The molecule has 3 rings (SSSR count). The number of aromatic nitrogens is 1. The predicted molar refractivity (Wildman–Crippen MR) is 111 cm³/mol. The molecule has 0 bridgehead atoms. The number of benzene rings is 2. The van der Waals surface area contributed by atoms with Gasteiger partial charge in [0, 0.05) is 16.3 Å². The van der Waals surface area contributed by atoms with Gasteiger partial charge in [0.05, 0.1) is 17.4 Å². The van der Waals surface area contributed by atoms with E-state index < -0.39 is 0 Å². The van der Waals surface area contributed by atoms with Crippen LogP contribution in [-0.4, -0.2) is 17.0 Å². The number of carbonyl (C=O) groups excluding carboxylic acids is 1. The number of hydrogen-bond acceptors (Lipinski definition) is 4. The minimum Gasteiger partial charge on any atom is -0.490 e. The molecule has 0 aliphatic rings. The summed E-state index contributed by atoms with van der Waals surface area (Å²) in [4.78, 5) is 18.3. The first-order valence-corrected chi connectivity index (χ1v) is 9.89. The molecular weight excluding hydrogens is 380 g/mol. The van der Waals surface area contributed by atoms with Crippen LogP contribution >= 0.6 is 22.9 Å². The molecular formula is C21H21ClN2O2S. The van der Waals surface area contributed by atoms with Gasteiger partial charge in [0.1, 0.15) is 5.75 Å². The minimum atomic E-state index is -0.224. The quantitative estimate of drug-likeness (QED) is 0.574. The number of ether oxygens (including phenoxy) is 1. The van der Waals surface area contributed by atoms with E-state index in [4.69, 9.17) is 16.3 Å². The molecule has 0 aliphatic carbocycles. The molecule has 2 aromatic carbocycles. The van der Waals surface area contributed by atoms with Crippen LogP contribution in [0.3, 0.4) is 0 Å². The molecule has 0 fully saturated rings. The highest BCUT2D eigenvalue weighted by molar-refractivity contribution is 7.15. The molecule has 0 spiro atoms. The summed E-state index contributed by atoms with van der Waals surface area (Å²) in [5.41, 5.74) is 2.56. The lowest BCUT2D eigenvalue weighted by atomic mass is 10.1. The number of hydrogen-bond donors (Lipinski definition) is 1. The number of thiazole rings is 1. The number of nitrogens with zero attached hydrogens (tertiary/aromatic N) is 1. The van der Waals surface area contributed by atoms with Crippen molar-refractivity contribution in [3.05, 3.63) is 75.3 Å². The normalized spacial score (nSPS) is 10.9. The fourth-order valence-corrected chi connectivity index (χ4v) is 3.73. The van der Waals surface area contributed by atoms with Crippen LogP contribution in [0, 0.1) is 6.92 Å². The smallest absolute Gasteiger partial charge is 0.261 e. The van der Waals surface area contributed by atoms with Crippen LogP contribution in [-0.2, 0) is 6.42 Å². The van der Waals surface area contributed by atoms with E-state index in [1.165, 1.54) is 11.3 Å². The van der Waals surface area contributed by atoms with E-state index in [9.17, 15) is 4.79 Å². The molecule has 0 unspecified atom stereocenters. The van der Waals surface area contributed by atoms with Crippen molar-refractivity contribution < 1.29 is 9.53 Å². The molecule has 6 heteroatoms. The molecule has 4 nitrogen and oxygen atoms in total. The standard InChI is InChI=1S/C21H21ClN2O2S/c1-13(2)26-18-7-5-4-6-17(18)20(25)24-21-23-14(3)19(27-21)12-15-8-10-16(22)11-9-15/h4-11,13H,12H2,1-3H3,(H,23,24,25). The molecule has 27 heavy (non-hydrogen) atoms. The van der Waals surface area contributed by atoms with E-state index in [1.807, 2.05) is 57.2 Å². The zero-order valence-corrected chi connectivity index (χ0v) is 17.0. The van der Waals surface area contributed by atoms with Crippen molar-refractivity contribution in [1.29, 1.82) is 0 Å². The van der Waals surface area contributed by atoms with Crippen LogP contribution in [0.2, 0.25) is 5.02 Å². The van der Waals surface area contributed by atoms with Crippen molar-refractivity contribution in [3.8, 4) is 5.75 Å². The maximum absolute atomic E-state index is 12.7. The fraction of sp³-hybridized carbons (Fsp3) is 0.238. The van der Waals surface area contributed by atoms with Gasteiger partial charge in [-0.3, -0.25) is 10.1 Å². The molecule has 0 atom stereocenters. The molecule has 0 aliphatic heterocycles. The van der Waals surface area contributed by atoms with E-state index in [0.29, 0.717) is 16.4 Å². The lowest BCUT2D eigenvalue weighted by Gasteiger charge is -2.13. The summed E-state index contributed by atoms with van der Waals surface area (Å²) in [6.07, 6.45) is 0.746. The van der Waals surface area contributed by atoms with E-state index in [0.717, 1.165) is 27.6 Å². The van der Waals surface area contributed by atoms with E-state index in [-0.39, 0.29) is 12.0 Å². The molecule has 140 valence electrons. The second-order valence-corrected chi connectivity index (χ2v) is 7.97. The number of anilines is 1. The van der Waals surface area contributed by atoms with Gasteiger partial charge in [-0.25, -0.2) is 4.98 Å². The zero-order chi connectivity index (χ0) is 19.4. The highest BCUT2D eigenvalue weighted by Crippen LogP contribution is 2.27. The van der Waals surface area contributed by atoms with Crippen LogP contribution in [0.1, 0.15) is 40.3 Å². The molecule has 1 heterocycles. The first kappa shape index (κ1) is 19.4. The zero-order valence-electron chi connectivity index (χ0n) is 15.5. The molecule has 0 radical (unpaired) electrons. The van der Waals surface area contributed by atoms with Gasteiger partial charge in [0.2, 0.25) is 0 Å². The molecule has 1 amide bonds. The van der Waals surface area contributed by atoms with Gasteiger partial charge in [-0.1, -0.05) is 35.9 Å². The number of aryl methyl sites for hydroxylation is 1. The summed E-state index contributed by atoms with van der Waals surface area (Å²) < 4.78 is 5.73. The van der Waals surface area contributed by atoms with E-state index in [2.05, 4.69) is 10.3 Å². The number of rotatable bonds is 6. The Bertz CT molecular complexity index is 936. The van der Waals surface area contributed by atoms with Crippen molar-refractivity contribution in [2.45, 2.75) is 33.3 Å². The summed E-state index contributed by atoms with van der Waals surface area (Å²) in [5.74, 6) is 0.345. The predicted octanol–water partition coefficient (Wildman–Crippen LogP) is 5.74. The average molecular weight is 401 g/mol. The van der Waals surface area contributed by atoms with Gasteiger partial charge in [-0.15, -0.1) is 11.3 Å². The molecule has 1 aromatic heterocycles. The molecule has 1 N–H and O–H groups in total. The second kappa shape index (κ2) is 8.55. The van der Waals surface area contributed by atoms with E-state index in [1.54, 1.807) is 12.1 Å². The van der Waals surface area contributed by atoms with E-state index >= 15 is 0 Å². The average Bonchev–Trinajstić information content (AvgIpc) is 2.96. The van der Waals surface area contributed by atoms with Gasteiger partial charge in [0.15, 0.2) is 5.13 Å². The Hall–Kier alpha value is -2.37. The maximum atomic E-state index is 12.7. The third kappa shape index (κ3) is 5.08. The first-order valence-electron chi connectivity index (χ1n) is 8.70. The first-order chi connectivity index (χ1) is 12.9. The van der Waals surface area contributed by atoms with Crippen LogP contribution in [0.25, 0.3) is 0 Å². The van der Waals surface area contributed by atoms with Crippen LogP contribution in [0.4, 0.5) is 5.13 Å². The maximum Gasteiger partial charge on any atom is 0.261 e. The van der Waals surface area contributed by atoms with Crippen LogP contribution in [0.5, 0.6) is 5.75 Å². The highest BCUT2D eigenvalue weighted by Gasteiger charge is 2.16. The van der Waals surface area contributed by atoms with Gasteiger partial charge in [-0.2, -0.15) is 0 Å². The third-order valence-corrected chi connectivity index (χ3v) is 5.21. The van der Waals surface area contributed by atoms with Crippen molar-refractivity contribution in [2.75, 3.05) is 5.32 Å². The van der Waals surface area contributed by atoms with Crippen molar-refractivity contribution in [2.24, 2.45) is 0 Å². The SMILES string of the molecule is Cc1nc(NC(=O)c2ccccc2OC(C)C)sc1Cc1ccc(Cl)cc1. The minimum absolute atomic E-state index is 0.00737. The number of amides is 1. The Morgan fingerprint density at radius 1 is 1.19 bits per heavy atom. The molecule has 0 saturated heterocycles. The molecule has 0 saturated carbocycles. The van der Waals surface area contributed by atoms with Gasteiger partial charge < -0.3 is 4.74 Å². The Labute approximate surface area is 168 Å². The lowest BCUT2D eigenvalue weighted by molar-refractivity contribution is 0.102. The second-order valence-electron chi connectivity index (χ2n) is 6.45. The lowest BCUT2D eigenvalue weighted by Crippen LogP contribution is -2.15.